The van der Waals surface area contributed by atoms with Gasteiger partial charge in [-0.25, -0.2) is 0 Å². The molecular weight excluding hydrogens is 332 g/mol. The van der Waals surface area contributed by atoms with Crippen LogP contribution in [0.4, 0.5) is 0 Å². The molecule has 2 bridgehead atoms. The van der Waals surface area contributed by atoms with Crippen molar-refractivity contribution in [1.82, 2.24) is 5.01 Å². The van der Waals surface area contributed by atoms with Crippen LogP contribution in [0, 0.1) is 35.5 Å². The second kappa shape index (κ2) is 5.43. The van der Waals surface area contributed by atoms with Gasteiger partial charge in [0.1, 0.15) is 0 Å². The summed E-state index contributed by atoms with van der Waals surface area (Å²) in [4.78, 5) is 25.8. The molecule has 0 unspecified atom stereocenters. The van der Waals surface area contributed by atoms with Crippen LogP contribution in [0.25, 0.3) is 0 Å². The molecule has 6 heteroatoms. The van der Waals surface area contributed by atoms with Crippen LogP contribution in [0.2, 0.25) is 0 Å². The van der Waals surface area contributed by atoms with Crippen molar-refractivity contribution in [1.29, 1.82) is 0 Å². The first kappa shape index (κ1) is 15.6. The fraction of sp³-hybridized carbons (Fsp3) is 0.450. The van der Waals surface area contributed by atoms with Crippen LogP contribution < -0.4 is 9.47 Å². The van der Waals surface area contributed by atoms with Crippen molar-refractivity contribution in [3.05, 3.63) is 35.9 Å². The van der Waals surface area contributed by atoms with Gasteiger partial charge in [0.2, 0.25) is 0 Å². The highest BCUT2D eigenvalue weighted by atomic mass is 16.5. The fourth-order valence-corrected chi connectivity index (χ4v) is 5.19. The Bertz CT molecular complexity index is 825. The number of carbonyl (C=O) groups excluding carboxylic acids is 2. The molecule has 1 aliphatic heterocycles. The summed E-state index contributed by atoms with van der Waals surface area (Å²) in [6.07, 6.45) is 6.97. The SMILES string of the molecule is COc1cccc(/C=N\N2C(=O)[C@@H]3[C@H]4C=C[C@@H]([C@@H]5C[C@@H]45)[C@H]3C2=O)c1OC. The van der Waals surface area contributed by atoms with Gasteiger partial charge in [0.25, 0.3) is 11.8 Å². The van der Waals surface area contributed by atoms with Gasteiger partial charge < -0.3 is 9.47 Å². The van der Waals surface area contributed by atoms with Gasteiger partial charge in [0.05, 0.1) is 32.3 Å². The lowest BCUT2D eigenvalue weighted by molar-refractivity contribution is -0.140. The largest absolute Gasteiger partial charge is 0.493 e. The second-order valence-electron chi connectivity index (χ2n) is 7.47. The van der Waals surface area contributed by atoms with Crippen LogP contribution >= 0.6 is 0 Å². The van der Waals surface area contributed by atoms with E-state index in [4.69, 9.17) is 9.47 Å². The highest BCUT2D eigenvalue weighted by Crippen LogP contribution is 2.65. The maximum absolute atomic E-state index is 12.9. The standard InChI is InChI=1S/C20H20N2O4/c1-25-15-5-3-4-10(18(15)26-2)9-21-22-19(23)16-11-6-7-12(14-8-13(11)14)17(16)20(22)24/h3-7,9,11-14,16-17H,8H2,1-2H3/b21-9-/t11-,12-,13-,14-,16+,17+/m0/s1. The smallest absolute Gasteiger partial charge is 0.254 e. The molecule has 2 saturated carbocycles. The Morgan fingerprint density at radius 2 is 1.69 bits per heavy atom. The fourth-order valence-electron chi connectivity index (χ4n) is 5.19. The molecule has 0 radical (unpaired) electrons. The molecule has 3 fully saturated rings. The molecule has 6 atom stereocenters. The minimum Gasteiger partial charge on any atom is -0.493 e. The molecule has 1 heterocycles. The number of imide groups is 1. The van der Waals surface area contributed by atoms with Crippen molar-refractivity contribution in [3.8, 4) is 11.5 Å². The predicted octanol–water partition coefficient (Wildman–Crippen LogP) is 2.09. The third kappa shape index (κ3) is 1.95. The summed E-state index contributed by atoms with van der Waals surface area (Å²) in [6.45, 7) is 0. The molecule has 6 rings (SSSR count). The number of methoxy groups -OCH3 is 2. The number of hydrogen-bond acceptors (Lipinski definition) is 5. The van der Waals surface area contributed by atoms with Gasteiger partial charge >= 0.3 is 0 Å². The predicted molar refractivity (Wildman–Crippen MR) is 93.7 cm³/mol. The molecule has 2 amide bonds. The Balaban J connectivity index is 1.45. The molecule has 5 aliphatic rings. The van der Waals surface area contributed by atoms with E-state index in [1.54, 1.807) is 20.3 Å². The summed E-state index contributed by atoms with van der Waals surface area (Å²) in [5, 5.41) is 5.32. The van der Waals surface area contributed by atoms with E-state index in [0.717, 1.165) is 11.4 Å². The van der Waals surface area contributed by atoms with Gasteiger partial charge in [-0.3, -0.25) is 9.59 Å². The van der Waals surface area contributed by atoms with E-state index in [1.165, 1.54) is 6.21 Å². The van der Waals surface area contributed by atoms with Crippen LogP contribution in [0.3, 0.4) is 0 Å². The lowest BCUT2D eigenvalue weighted by Crippen LogP contribution is -2.40. The first-order valence-electron chi connectivity index (χ1n) is 8.96. The monoisotopic (exact) mass is 352 g/mol. The van der Waals surface area contributed by atoms with Gasteiger partial charge in [0, 0.05) is 5.56 Å². The number of ether oxygens (including phenoxy) is 2. The maximum Gasteiger partial charge on any atom is 0.254 e. The van der Waals surface area contributed by atoms with Crippen LogP contribution in [-0.4, -0.2) is 37.3 Å². The average molecular weight is 352 g/mol. The summed E-state index contributed by atoms with van der Waals surface area (Å²) >= 11 is 0. The minimum absolute atomic E-state index is 0.164. The topological polar surface area (TPSA) is 68.2 Å². The molecule has 1 aromatic rings. The van der Waals surface area contributed by atoms with Crippen molar-refractivity contribution in [3.63, 3.8) is 0 Å². The van der Waals surface area contributed by atoms with Gasteiger partial charge in [-0.2, -0.15) is 10.1 Å². The first-order chi connectivity index (χ1) is 12.7. The highest BCUT2D eigenvalue weighted by molar-refractivity contribution is 6.06. The van der Waals surface area contributed by atoms with Crippen LogP contribution in [0.15, 0.2) is 35.5 Å². The van der Waals surface area contributed by atoms with E-state index in [1.807, 2.05) is 12.1 Å². The Morgan fingerprint density at radius 1 is 1.04 bits per heavy atom. The molecule has 26 heavy (non-hydrogen) atoms. The molecule has 0 N–H and O–H groups in total. The number of para-hydroxylation sites is 1. The number of nitrogens with zero attached hydrogens (tertiary/aromatic N) is 2. The van der Waals surface area contributed by atoms with Gasteiger partial charge in [-0.15, -0.1) is 0 Å². The van der Waals surface area contributed by atoms with Crippen molar-refractivity contribution in [2.45, 2.75) is 6.42 Å². The summed E-state index contributed by atoms with van der Waals surface area (Å²) in [6, 6.07) is 5.41. The zero-order valence-electron chi connectivity index (χ0n) is 14.7. The number of hydrogen-bond donors (Lipinski definition) is 0. The van der Waals surface area contributed by atoms with Crippen LogP contribution in [-0.2, 0) is 9.59 Å². The van der Waals surface area contributed by atoms with Crippen LogP contribution in [0.1, 0.15) is 12.0 Å². The van der Waals surface area contributed by atoms with Crippen molar-refractivity contribution in [2.24, 2.45) is 40.6 Å². The van der Waals surface area contributed by atoms with Crippen molar-refractivity contribution >= 4 is 18.0 Å². The van der Waals surface area contributed by atoms with E-state index in [-0.39, 0.29) is 35.5 Å². The van der Waals surface area contributed by atoms with Gasteiger partial charge in [-0.1, -0.05) is 18.2 Å². The Kier molecular flexibility index (Phi) is 3.26. The van der Waals surface area contributed by atoms with Gasteiger partial charge in [-0.05, 0) is 42.2 Å². The summed E-state index contributed by atoms with van der Waals surface area (Å²) in [5.74, 6) is 1.90. The van der Waals surface area contributed by atoms with E-state index < -0.39 is 0 Å². The molecule has 6 nitrogen and oxygen atoms in total. The number of hydrazone groups is 1. The average Bonchev–Trinajstić information content (AvgIpc) is 3.45. The number of amides is 2. The van der Waals surface area contributed by atoms with E-state index >= 15 is 0 Å². The molecule has 0 aromatic heterocycles. The third-order valence-electron chi connectivity index (χ3n) is 6.39. The number of carbonyl (C=O) groups is 2. The minimum atomic E-state index is -0.231. The summed E-state index contributed by atoms with van der Waals surface area (Å²) in [5.41, 5.74) is 0.659. The zero-order valence-corrected chi connectivity index (χ0v) is 14.7. The number of benzene rings is 1. The lowest BCUT2D eigenvalue weighted by Gasteiger charge is -2.37. The number of allylic oxidation sites excluding steroid dienone is 2. The first-order valence-corrected chi connectivity index (χ1v) is 8.96. The van der Waals surface area contributed by atoms with E-state index in [2.05, 4.69) is 17.3 Å². The molecule has 0 spiro atoms. The maximum atomic E-state index is 12.9. The second-order valence-corrected chi connectivity index (χ2v) is 7.47. The third-order valence-corrected chi connectivity index (χ3v) is 6.39. The van der Waals surface area contributed by atoms with Crippen molar-refractivity contribution < 1.29 is 19.1 Å². The molecule has 4 aliphatic carbocycles. The summed E-state index contributed by atoms with van der Waals surface area (Å²) in [7, 11) is 3.11. The molecule has 1 saturated heterocycles. The molecular formula is C20H20N2O4. The zero-order chi connectivity index (χ0) is 18.0. The van der Waals surface area contributed by atoms with Crippen molar-refractivity contribution in [2.75, 3.05) is 14.2 Å². The Labute approximate surface area is 151 Å². The normalized spacial score (nSPS) is 36.5. The quantitative estimate of drug-likeness (QED) is 0.473. The Morgan fingerprint density at radius 3 is 2.27 bits per heavy atom. The lowest BCUT2D eigenvalue weighted by atomic mass is 9.63. The highest BCUT2D eigenvalue weighted by Gasteiger charge is 2.67. The van der Waals surface area contributed by atoms with Crippen LogP contribution in [0.5, 0.6) is 11.5 Å². The number of rotatable bonds is 4. The molecule has 1 aromatic carbocycles. The van der Waals surface area contributed by atoms with E-state index in [9.17, 15) is 9.59 Å². The van der Waals surface area contributed by atoms with E-state index in [0.29, 0.717) is 28.9 Å². The molecule has 134 valence electrons. The summed E-state index contributed by atoms with van der Waals surface area (Å²) < 4.78 is 10.7. The Hall–Kier alpha value is -2.63. The van der Waals surface area contributed by atoms with Gasteiger partial charge in [0.15, 0.2) is 11.5 Å².